The van der Waals surface area contributed by atoms with Gasteiger partial charge in [0.15, 0.2) is 0 Å². The molecular formula is C9H15NO4. The van der Waals surface area contributed by atoms with Gasteiger partial charge < -0.3 is 15.5 Å². The Morgan fingerprint density at radius 3 is 2.57 bits per heavy atom. The molecule has 80 valence electrons. The highest BCUT2D eigenvalue weighted by Gasteiger charge is 2.34. The van der Waals surface area contributed by atoms with Crippen molar-refractivity contribution in [2.24, 2.45) is 11.8 Å². The van der Waals surface area contributed by atoms with Gasteiger partial charge in [-0.1, -0.05) is 6.92 Å². The van der Waals surface area contributed by atoms with Crippen LogP contribution in [0.15, 0.2) is 0 Å². The van der Waals surface area contributed by atoms with E-state index in [4.69, 9.17) is 10.2 Å². The van der Waals surface area contributed by atoms with Crippen molar-refractivity contribution in [2.45, 2.75) is 25.8 Å². The lowest BCUT2D eigenvalue weighted by Gasteiger charge is -2.32. The van der Waals surface area contributed by atoms with E-state index in [1.165, 1.54) is 0 Å². The largest absolute Gasteiger partial charge is 0.481 e. The lowest BCUT2D eigenvalue weighted by atomic mass is 9.83. The second kappa shape index (κ2) is 4.41. The van der Waals surface area contributed by atoms with E-state index in [2.05, 4.69) is 5.32 Å². The summed E-state index contributed by atoms with van der Waals surface area (Å²) in [6.45, 7) is 2.63. The molecule has 0 bridgehead atoms. The second-order valence-electron chi connectivity index (χ2n) is 3.92. The van der Waals surface area contributed by atoms with E-state index >= 15 is 0 Å². The minimum absolute atomic E-state index is 0.0751. The van der Waals surface area contributed by atoms with Gasteiger partial charge >= 0.3 is 11.9 Å². The van der Waals surface area contributed by atoms with Gasteiger partial charge in [-0.3, -0.25) is 9.59 Å². The molecule has 3 atom stereocenters. The summed E-state index contributed by atoms with van der Waals surface area (Å²) in [5, 5.41) is 20.3. The van der Waals surface area contributed by atoms with Crippen molar-refractivity contribution in [1.29, 1.82) is 0 Å². The molecule has 0 aromatic rings. The minimum atomic E-state index is -0.955. The molecule has 1 aliphatic rings. The summed E-state index contributed by atoms with van der Waals surface area (Å²) in [5.41, 5.74) is 0. The zero-order valence-electron chi connectivity index (χ0n) is 8.06. The van der Waals surface area contributed by atoms with Crippen molar-refractivity contribution in [3.63, 3.8) is 0 Å². The van der Waals surface area contributed by atoms with Crippen LogP contribution in [-0.2, 0) is 9.59 Å². The molecular weight excluding hydrogens is 186 g/mol. The molecule has 0 spiro atoms. The summed E-state index contributed by atoms with van der Waals surface area (Å²) in [6.07, 6.45) is 0.588. The maximum atomic E-state index is 10.8. The van der Waals surface area contributed by atoms with Crippen LogP contribution in [-0.4, -0.2) is 34.7 Å². The van der Waals surface area contributed by atoms with Crippen LogP contribution in [0.5, 0.6) is 0 Å². The quantitative estimate of drug-likeness (QED) is 0.605. The average Bonchev–Trinajstić information content (AvgIpc) is 2.01. The van der Waals surface area contributed by atoms with Gasteiger partial charge in [0.2, 0.25) is 0 Å². The predicted molar refractivity (Wildman–Crippen MR) is 49.0 cm³/mol. The topological polar surface area (TPSA) is 86.6 Å². The van der Waals surface area contributed by atoms with Crippen molar-refractivity contribution in [3.05, 3.63) is 0 Å². The fourth-order valence-electron chi connectivity index (χ4n) is 1.95. The van der Waals surface area contributed by atoms with Crippen LogP contribution in [0.25, 0.3) is 0 Å². The molecule has 0 aromatic heterocycles. The van der Waals surface area contributed by atoms with Crippen LogP contribution in [0.2, 0.25) is 0 Å². The van der Waals surface area contributed by atoms with Gasteiger partial charge in [0, 0.05) is 0 Å². The Kier molecular flexibility index (Phi) is 3.46. The Balaban J connectivity index is 2.63. The van der Waals surface area contributed by atoms with Crippen molar-refractivity contribution in [2.75, 3.05) is 6.54 Å². The first kappa shape index (κ1) is 11.0. The summed E-state index contributed by atoms with van der Waals surface area (Å²) in [5.74, 6) is -1.84. The molecule has 0 saturated carbocycles. The van der Waals surface area contributed by atoms with Gasteiger partial charge in [-0.2, -0.15) is 0 Å². The van der Waals surface area contributed by atoms with Crippen molar-refractivity contribution >= 4 is 11.9 Å². The van der Waals surface area contributed by atoms with Crippen LogP contribution < -0.4 is 5.32 Å². The number of aliphatic carboxylic acids is 2. The van der Waals surface area contributed by atoms with Gasteiger partial charge in [0.1, 0.15) is 6.04 Å². The van der Waals surface area contributed by atoms with E-state index in [-0.39, 0.29) is 12.3 Å². The van der Waals surface area contributed by atoms with E-state index in [0.717, 1.165) is 0 Å². The maximum absolute atomic E-state index is 10.8. The number of hydrogen-bond acceptors (Lipinski definition) is 3. The van der Waals surface area contributed by atoms with Crippen LogP contribution >= 0.6 is 0 Å². The Morgan fingerprint density at radius 1 is 1.43 bits per heavy atom. The summed E-state index contributed by atoms with van der Waals surface area (Å²) in [6, 6.07) is -0.706. The number of hydrogen-bond donors (Lipinski definition) is 3. The molecule has 5 nitrogen and oxygen atoms in total. The van der Waals surface area contributed by atoms with Crippen LogP contribution in [0.3, 0.4) is 0 Å². The first-order valence-corrected chi connectivity index (χ1v) is 4.68. The zero-order chi connectivity index (χ0) is 10.7. The Morgan fingerprint density at radius 2 is 2.07 bits per heavy atom. The van der Waals surface area contributed by atoms with Gasteiger partial charge in [-0.25, -0.2) is 0 Å². The Labute approximate surface area is 82.1 Å². The summed E-state index contributed by atoms with van der Waals surface area (Å²) in [4.78, 5) is 21.3. The van der Waals surface area contributed by atoms with Gasteiger partial charge in [0.25, 0.3) is 0 Å². The number of carboxylic acids is 2. The lowest BCUT2D eigenvalue weighted by Crippen LogP contribution is -2.50. The van der Waals surface area contributed by atoms with Gasteiger partial charge in [-0.15, -0.1) is 0 Å². The molecule has 1 saturated heterocycles. The maximum Gasteiger partial charge on any atom is 0.320 e. The monoisotopic (exact) mass is 201 g/mol. The van der Waals surface area contributed by atoms with Crippen molar-refractivity contribution in [3.8, 4) is 0 Å². The highest BCUT2D eigenvalue weighted by Crippen LogP contribution is 2.24. The van der Waals surface area contributed by atoms with E-state index in [0.29, 0.717) is 18.9 Å². The smallest absolute Gasteiger partial charge is 0.320 e. The zero-order valence-corrected chi connectivity index (χ0v) is 8.06. The standard InChI is InChI=1S/C9H15NO4/c1-5-2-6(3-7(11)12)8(9(13)14)10-4-5/h5-6,8,10H,2-4H2,1H3,(H,11,12)(H,13,14)/t5?,6-,8+/m1/s1. The number of carbonyl (C=O) groups is 2. The first-order valence-electron chi connectivity index (χ1n) is 4.68. The van der Waals surface area contributed by atoms with E-state index < -0.39 is 18.0 Å². The number of piperidine rings is 1. The van der Waals surface area contributed by atoms with Crippen molar-refractivity contribution in [1.82, 2.24) is 5.32 Å². The summed E-state index contributed by atoms with van der Waals surface area (Å²) in [7, 11) is 0. The fourth-order valence-corrected chi connectivity index (χ4v) is 1.95. The third-order valence-electron chi connectivity index (χ3n) is 2.57. The Hall–Kier alpha value is -1.10. The van der Waals surface area contributed by atoms with Crippen LogP contribution in [0.4, 0.5) is 0 Å². The molecule has 0 aliphatic carbocycles. The van der Waals surface area contributed by atoms with Crippen LogP contribution in [0, 0.1) is 11.8 Å². The van der Waals surface area contributed by atoms with Gasteiger partial charge in [-0.05, 0) is 24.8 Å². The third-order valence-corrected chi connectivity index (χ3v) is 2.57. The van der Waals surface area contributed by atoms with E-state index in [1.54, 1.807) is 0 Å². The number of carboxylic acid groups (broad SMARTS) is 2. The second-order valence-corrected chi connectivity index (χ2v) is 3.92. The highest BCUT2D eigenvalue weighted by atomic mass is 16.4. The molecule has 3 N–H and O–H groups in total. The SMILES string of the molecule is CC1CN[C@H](C(=O)O)[C@@H](CC(=O)O)C1. The van der Waals surface area contributed by atoms with Crippen molar-refractivity contribution < 1.29 is 19.8 Å². The molecule has 1 unspecified atom stereocenters. The Bertz CT molecular complexity index is 241. The summed E-state index contributed by atoms with van der Waals surface area (Å²) >= 11 is 0. The average molecular weight is 201 g/mol. The minimum Gasteiger partial charge on any atom is -0.481 e. The summed E-state index contributed by atoms with van der Waals surface area (Å²) < 4.78 is 0. The van der Waals surface area contributed by atoms with E-state index in [9.17, 15) is 9.59 Å². The first-order chi connectivity index (χ1) is 6.50. The molecule has 0 radical (unpaired) electrons. The molecule has 1 aliphatic heterocycles. The molecule has 1 heterocycles. The molecule has 1 rings (SSSR count). The third kappa shape index (κ3) is 2.70. The molecule has 14 heavy (non-hydrogen) atoms. The highest BCUT2D eigenvalue weighted by molar-refractivity contribution is 5.76. The van der Waals surface area contributed by atoms with Crippen LogP contribution in [0.1, 0.15) is 19.8 Å². The van der Waals surface area contributed by atoms with Gasteiger partial charge in [0.05, 0.1) is 6.42 Å². The number of nitrogens with one attached hydrogen (secondary N) is 1. The molecule has 0 amide bonds. The molecule has 5 heteroatoms. The fraction of sp³-hybridized carbons (Fsp3) is 0.778. The van der Waals surface area contributed by atoms with E-state index in [1.807, 2.05) is 6.92 Å². The number of rotatable bonds is 3. The lowest BCUT2D eigenvalue weighted by molar-refractivity contribution is -0.144. The molecule has 1 fully saturated rings. The predicted octanol–water partition coefficient (Wildman–Crippen LogP) is 0.160. The molecule has 0 aromatic carbocycles. The normalized spacial score (nSPS) is 32.5.